The fraction of sp³-hybridized carbons (Fsp3) is 0.583. The Bertz CT molecular complexity index is 787. The normalized spacial score (nSPS) is 22.2. The van der Waals surface area contributed by atoms with Crippen molar-refractivity contribution in [2.75, 3.05) is 37.6 Å². The number of anilines is 1. The maximum atomic E-state index is 12.3. The van der Waals surface area contributed by atoms with Crippen molar-refractivity contribution in [1.29, 1.82) is 5.41 Å². The number of nitrogens with zero attached hydrogens (tertiary/aromatic N) is 3. The van der Waals surface area contributed by atoms with E-state index in [1.54, 1.807) is 6.20 Å². The SMILES string of the molecule is CC/C=C\N(C=N)C(=O)NC1CCC(CCN2CCN(c3cccc(Cl)c3Cl)CC2)CC1. The molecule has 1 heterocycles. The van der Waals surface area contributed by atoms with Crippen molar-refractivity contribution >= 4 is 41.3 Å². The number of carbonyl (C=O) groups is 1. The highest BCUT2D eigenvalue weighted by atomic mass is 35.5. The number of urea groups is 1. The molecule has 2 aliphatic rings. The zero-order valence-electron chi connectivity index (χ0n) is 18.9. The minimum atomic E-state index is -0.203. The van der Waals surface area contributed by atoms with Crippen LogP contribution in [0.1, 0.15) is 45.4 Å². The first kappa shape index (κ1) is 24.9. The second-order valence-electron chi connectivity index (χ2n) is 8.69. The molecule has 1 saturated carbocycles. The van der Waals surface area contributed by atoms with Gasteiger partial charge < -0.3 is 10.2 Å². The lowest BCUT2D eigenvalue weighted by atomic mass is 9.84. The Kier molecular flexibility index (Phi) is 9.69. The van der Waals surface area contributed by atoms with E-state index in [9.17, 15) is 4.79 Å². The first-order chi connectivity index (χ1) is 15.5. The first-order valence-electron chi connectivity index (χ1n) is 11.7. The van der Waals surface area contributed by atoms with E-state index in [1.807, 2.05) is 31.2 Å². The summed E-state index contributed by atoms with van der Waals surface area (Å²) < 4.78 is 0. The molecule has 3 rings (SSSR count). The van der Waals surface area contributed by atoms with E-state index in [2.05, 4.69) is 15.1 Å². The van der Waals surface area contributed by atoms with Gasteiger partial charge in [0.15, 0.2) is 0 Å². The summed E-state index contributed by atoms with van der Waals surface area (Å²) in [7, 11) is 0. The van der Waals surface area contributed by atoms with Gasteiger partial charge in [-0.2, -0.15) is 0 Å². The van der Waals surface area contributed by atoms with Crippen molar-refractivity contribution in [1.82, 2.24) is 15.1 Å². The molecule has 6 nitrogen and oxygen atoms in total. The lowest BCUT2D eigenvalue weighted by Gasteiger charge is -2.37. The Hall–Kier alpha value is -1.76. The zero-order chi connectivity index (χ0) is 22.9. The maximum Gasteiger partial charge on any atom is 0.326 e. The van der Waals surface area contributed by atoms with Crippen molar-refractivity contribution in [2.24, 2.45) is 5.92 Å². The van der Waals surface area contributed by atoms with Gasteiger partial charge in [0.05, 0.1) is 22.1 Å². The van der Waals surface area contributed by atoms with Gasteiger partial charge >= 0.3 is 6.03 Å². The molecule has 1 saturated heterocycles. The summed E-state index contributed by atoms with van der Waals surface area (Å²) in [5.41, 5.74) is 1.03. The number of halogens is 2. The Morgan fingerprint density at radius 2 is 1.91 bits per heavy atom. The standard InChI is InChI=1S/C24H35Cl2N5O/c1-2-3-12-31(18-27)24(32)28-20-9-7-19(8-10-20)11-13-29-14-16-30(17-15-29)22-6-4-5-21(25)23(22)26/h3-6,12,18-20,27H,2,7-11,13-17H2,1H3,(H,28,32)/b12-3-,27-18?. The number of hydrogen-bond acceptors (Lipinski definition) is 4. The summed E-state index contributed by atoms with van der Waals surface area (Å²) in [6.45, 7) is 7.15. The lowest BCUT2D eigenvalue weighted by molar-refractivity contribution is 0.201. The molecule has 0 radical (unpaired) electrons. The monoisotopic (exact) mass is 479 g/mol. The minimum Gasteiger partial charge on any atom is -0.368 e. The number of benzene rings is 1. The number of rotatable bonds is 8. The summed E-state index contributed by atoms with van der Waals surface area (Å²) >= 11 is 12.6. The van der Waals surface area contributed by atoms with Gasteiger partial charge in [-0.3, -0.25) is 15.2 Å². The molecule has 2 fully saturated rings. The highest BCUT2D eigenvalue weighted by Gasteiger charge is 2.25. The third-order valence-corrected chi connectivity index (χ3v) is 7.36. The van der Waals surface area contributed by atoms with Crippen LogP contribution in [-0.2, 0) is 0 Å². The Labute approximate surface area is 202 Å². The number of amides is 2. The van der Waals surface area contributed by atoms with Gasteiger partial charge in [0, 0.05) is 38.4 Å². The van der Waals surface area contributed by atoms with Crippen LogP contribution in [0.4, 0.5) is 10.5 Å². The first-order valence-corrected chi connectivity index (χ1v) is 12.4. The van der Waals surface area contributed by atoms with Crippen molar-refractivity contribution in [3.63, 3.8) is 0 Å². The maximum absolute atomic E-state index is 12.3. The topological polar surface area (TPSA) is 62.7 Å². The largest absolute Gasteiger partial charge is 0.368 e. The summed E-state index contributed by atoms with van der Waals surface area (Å²) in [5, 5.41) is 11.8. The van der Waals surface area contributed by atoms with Crippen LogP contribution in [0, 0.1) is 11.3 Å². The highest BCUT2D eigenvalue weighted by molar-refractivity contribution is 6.43. The van der Waals surface area contributed by atoms with Crippen LogP contribution in [0.15, 0.2) is 30.5 Å². The molecule has 176 valence electrons. The lowest BCUT2D eigenvalue weighted by Crippen LogP contribution is -2.47. The molecule has 1 aromatic rings. The van der Waals surface area contributed by atoms with Crippen LogP contribution in [0.5, 0.6) is 0 Å². The van der Waals surface area contributed by atoms with E-state index >= 15 is 0 Å². The van der Waals surface area contributed by atoms with Crippen molar-refractivity contribution in [3.05, 3.63) is 40.5 Å². The van der Waals surface area contributed by atoms with Crippen LogP contribution in [-0.4, -0.2) is 60.9 Å². The molecular formula is C24H35Cl2N5O. The molecule has 0 unspecified atom stereocenters. The average Bonchev–Trinajstić information content (AvgIpc) is 2.81. The fourth-order valence-corrected chi connectivity index (χ4v) is 4.96. The Balaban J connectivity index is 1.35. The van der Waals surface area contributed by atoms with Gasteiger partial charge in [0.1, 0.15) is 0 Å². The number of piperazine rings is 1. The van der Waals surface area contributed by atoms with Crippen molar-refractivity contribution in [3.8, 4) is 0 Å². The molecule has 2 N–H and O–H groups in total. The fourth-order valence-electron chi connectivity index (χ4n) is 4.55. The van der Waals surface area contributed by atoms with Gasteiger partial charge in [0.25, 0.3) is 0 Å². The minimum absolute atomic E-state index is 0.203. The Morgan fingerprint density at radius 3 is 2.56 bits per heavy atom. The van der Waals surface area contributed by atoms with Crippen LogP contribution in [0.3, 0.4) is 0 Å². The molecule has 1 aromatic carbocycles. The summed E-state index contributed by atoms with van der Waals surface area (Å²) in [5.74, 6) is 0.724. The second kappa shape index (κ2) is 12.5. The van der Waals surface area contributed by atoms with E-state index in [4.69, 9.17) is 28.6 Å². The molecule has 0 atom stereocenters. The summed E-state index contributed by atoms with van der Waals surface area (Å²) in [6, 6.07) is 5.84. The van der Waals surface area contributed by atoms with E-state index in [-0.39, 0.29) is 12.1 Å². The molecule has 1 aliphatic heterocycles. The smallest absolute Gasteiger partial charge is 0.326 e. The van der Waals surface area contributed by atoms with Crippen LogP contribution < -0.4 is 10.2 Å². The number of allylic oxidation sites excluding steroid dienone is 1. The van der Waals surface area contributed by atoms with Crippen molar-refractivity contribution in [2.45, 2.75) is 51.5 Å². The zero-order valence-corrected chi connectivity index (χ0v) is 20.4. The van der Waals surface area contributed by atoms with Crippen LogP contribution >= 0.6 is 23.2 Å². The molecule has 2 amide bonds. The van der Waals surface area contributed by atoms with Gasteiger partial charge in [-0.05, 0) is 63.1 Å². The highest BCUT2D eigenvalue weighted by Crippen LogP contribution is 2.33. The Morgan fingerprint density at radius 1 is 1.19 bits per heavy atom. The van der Waals surface area contributed by atoms with E-state index in [1.165, 1.54) is 11.3 Å². The number of nitrogens with one attached hydrogen (secondary N) is 2. The van der Waals surface area contributed by atoms with Gasteiger partial charge in [-0.15, -0.1) is 0 Å². The molecule has 0 spiro atoms. The molecule has 1 aliphatic carbocycles. The predicted molar refractivity (Wildman–Crippen MR) is 134 cm³/mol. The molecule has 32 heavy (non-hydrogen) atoms. The number of hydrogen-bond donors (Lipinski definition) is 2. The van der Waals surface area contributed by atoms with E-state index in [0.29, 0.717) is 10.0 Å². The van der Waals surface area contributed by atoms with Crippen LogP contribution in [0.2, 0.25) is 10.0 Å². The molecule has 0 bridgehead atoms. The van der Waals surface area contributed by atoms with Crippen LogP contribution in [0.25, 0.3) is 0 Å². The number of carbonyl (C=O) groups excluding carboxylic acids is 1. The van der Waals surface area contributed by atoms with Crippen molar-refractivity contribution < 1.29 is 4.79 Å². The summed E-state index contributed by atoms with van der Waals surface area (Å²) in [4.78, 5) is 18.5. The van der Waals surface area contributed by atoms with E-state index < -0.39 is 0 Å². The third kappa shape index (κ3) is 6.87. The van der Waals surface area contributed by atoms with Gasteiger partial charge in [0.2, 0.25) is 0 Å². The molecule has 8 heteroatoms. The van der Waals surface area contributed by atoms with Gasteiger partial charge in [-0.25, -0.2) is 4.79 Å². The van der Waals surface area contributed by atoms with E-state index in [0.717, 1.165) is 82.8 Å². The quantitative estimate of drug-likeness (QED) is 0.376. The molecule has 0 aromatic heterocycles. The summed E-state index contributed by atoms with van der Waals surface area (Å²) in [6.07, 6.45) is 11.0. The molecular weight excluding hydrogens is 445 g/mol. The third-order valence-electron chi connectivity index (χ3n) is 6.55. The predicted octanol–water partition coefficient (Wildman–Crippen LogP) is 5.61. The average molecular weight is 480 g/mol. The van der Waals surface area contributed by atoms with Gasteiger partial charge in [-0.1, -0.05) is 42.3 Å². The second-order valence-corrected chi connectivity index (χ2v) is 9.47.